The van der Waals surface area contributed by atoms with Crippen molar-refractivity contribution in [2.45, 2.75) is 4.90 Å². The van der Waals surface area contributed by atoms with Crippen LogP contribution in [0.3, 0.4) is 0 Å². The van der Waals surface area contributed by atoms with Crippen molar-refractivity contribution in [3.63, 3.8) is 0 Å². The Labute approximate surface area is 146 Å². The topological polar surface area (TPSA) is 75.3 Å². The Bertz CT molecular complexity index is 816. The summed E-state index contributed by atoms with van der Waals surface area (Å²) in [6, 6.07) is 12.9. The lowest BCUT2D eigenvalue weighted by Crippen LogP contribution is -2.25. The summed E-state index contributed by atoms with van der Waals surface area (Å²) in [6.45, 7) is 3.81. The van der Waals surface area contributed by atoms with E-state index in [2.05, 4.69) is 16.6 Å². The molecule has 7 heteroatoms. The monoisotopic (exact) mass is 364 g/mol. The van der Waals surface area contributed by atoms with Crippen molar-refractivity contribution in [2.75, 3.05) is 17.7 Å². The first kappa shape index (κ1) is 18.2. The van der Waals surface area contributed by atoms with Crippen molar-refractivity contribution < 1.29 is 13.2 Å². The molecule has 0 spiro atoms. The van der Waals surface area contributed by atoms with Gasteiger partial charge in [0.2, 0.25) is 10.0 Å². The number of alkyl halides is 1. The van der Waals surface area contributed by atoms with Crippen molar-refractivity contribution in [1.29, 1.82) is 0 Å². The van der Waals surface area contributed by atoms with Gasteiger partial charge in [-0.05, 0) is 42.0 Å². The molecule has 0 aliphatic carbocycles. The molecular weight excluding hydrogens is 348 g/mol. The number of nitrogens with one attached hydrogen (secondary N) is 2. The summed E-state index contributed by atoms with van der Waals surface area (Å²) < 4.78 is 26.2. The maximum atomic E-state index is 12.2. The molecule has 0 unspecified atom stereocenters. The van der Waals surface area contributed by atoms with Gasteiger partial charge in [0.15, 0.2) is 0 Å². The second kappa shape index (κ2) is 8.10. The van der Waals surface area contributed by atoms with Crippen LogP contribution in [0.4, 0.5) is 5.69 Å². The molecule has 1 amide bonds. The molecule has 2 rings (SSSR count). The summed E-state index contributed by atoms with van der Waals surface area (Å²) in [7, 11) is -3.58. The Hall–Kier alpha value is -2.15. The van der Waals surface area contributed by atoms with Gasteiger partial charge in [0.1, 0.15) is 0 Å². The Morgan fingerprint density at radius 1 is 1.08 bits per heavy atom. The van der Waals surface area contributed by atoms with Crippen molar-refractivity contribution >= 4 is 39.3 Å². The molecule has 0 saturated carbocycles. The van der Waals surface area contributed by atoms with Gasteiger partial charge >= 0.3 is 0 Å². The van der Waals surface area contributed by atoms with Crippen LogP contribution in [0.25, 0.3) is 6.08 Å². The lowest BCUT2D eigenvalue weighted by molar-refractivity contribution is 0.102. The van der Waals surface area contributed by atoms with Crippen LogP contribution < -0.4 is 10.0 Å². The zero-order valence-electron chi connectivity index (χ0n) is 12.8. The summed E-state index contributed by atoms with van der Waals surface area (Å²) in [5.74, 6) is -0.0839. The summed E-state index contributed by atoms with van der Waals surface area (Å²) >= 11 is 5.47. The fourth-order valence-corrected chi connectivity index (χ4v) is 3.19. The van der Waals surface area contributed by atoms with E-state index >= 15 is 0 Å². The summed E-state index contributed by atoms with van der Waals surface area (Å²) in [5.41, 5.74) is 1.93. The average Bonchev–Trinajstić information content (AvgIpc) is 2.60. The molecule has 2 aromatic rings. The van der Waals surface area contributed by atoms with Gasteiger partial charge < -0.3 is 5.32 Å². The number of rotatable bonds is 7. The Morgan fingerprint density at radius 2 is 1.71 bits per heavy atom. The van der Waals surface area contributed by atoms with Crippen molar-refractivity contribution in [3.8, 4) is 0 Å². The van der Waals surface area contributed by atoms with Crippen LogP contribution in [0, 0.1) is 0 Å². The minimum Gasteiger partial charge on any atom is -0.322 e. The summed E-state index contributed by atoms with van der Waals surface area (Å²) in [6.07, 6.45) is 1.69. The predicted molar refractivity (Wildman–Crippen MR) is 96.8 cm³/mol. The molecule has 0 bridgehead atoms. The molecule has 0 fully saturated rings. The SMILES string of the molecule is C=Cc1ccc(C(=O)Nc2ccc(S(=O)(=O)NCCCl)cc2)cc1. The van der Waals surface area contributed by atoms with Crippen LogP contribution >= 0.6 is 11.6 Å². The largest absolute Gasteiger partial charge is 0.322 e. The Morgan fingerprint density at radius 3 is 2.25 bits per heavy atom. The molecule has 5 nitrogen and oxygen atoms in total. The third-order valence-corrected chi connectivity index (χ3v) is 4.88. The molecule has 0 aliphatic rings. The van der Waals surface area contributed by atoms with Crippen molar-refractivity contribution in [3.05, 3.63) is 66.2 Å². The number of carbonyl (C=O) groups is 1. The highest BCUT2D eigenvalue weighted by Gasteiger charge is 2.13. The third kappa shape index (κ3) is 4.67. The van der Waals surface area contributed by atoms with Crippen LogP contribution in [0.2, 0.25) is 0 Å². The van der Waals surface area contributed by atoms with E-state index in [4.69, 9.17) is 11.6 Å². The van der Waals surface area contributed by atoms with Gasteiger partial charge in [-0.25, -0.2) is 13.1 Å². The second-order valence-electron chi connectivity index (χ2n) is 4.89. The normalized spacial score (nSPS) is 11.0. The molecule has 0 saturated heterocycles. The highest BCUT2D eigenvalue weighted by molar-refractivity contribution is 7.89. The summed E-state index contributed by atoms with van der Waals surface area (Å²) in [4.78, 5) is 12.3. The van der Waals surface area contributed by atoms with Crippen LogP contribution in [-0.2, 0) is 10.0 Å². The van der Waals surface area contributed by atoms with Crippen LogP contribution in [0.1, 0.15) is 15.9 Å². The number of hydrogen-bond donors (Lipinski definition) is 2. The van der Waals surface area contributed by atoms with E-state index in [-0.39, 0.29) is 23.2 Å². The first-order chi connectivity index (χ1) is 11.5. The van der Waals surface area contributed by atoms with Crippen molar-refractivity contribution in [2.24, 2.45) is 0 Å². The van der Waals surface area contributed by atoms with Gasteiger partial charge in [0.05, 0.1) is 4.90 Å². The average molecular weight is 365 g/mol. The second-order valence-corrected chi connectivity index (χ2v) is 7.04. The molecular formula is C17H17ClN2O3S. The van der Waals surface area contributed by atoms with E-state index < -0.39 is 10.0 Å². The van der Waals surface area contributed by atoms with Gasteiger partial charge in [0.25, 0.3) is 5.91 Å². The van der Waals surface area contributed by atoms with E-state index in [9.17, 15) is 13.2 Å². The number of anilines is 1. The first-order valence-electron chi connectivity index (χ1n) is 7.16. The third-order valence-electron chi connectivity index (χ3n) is 3.22. The van der Waals surface area contributed by atoms with Gasteiger partial charge in [0, 0.05) is 23.7 Å². The number of benzene rings is 2. The molecule has 0 aliphatic heterocycles. The molecule has 0 aromatic heterocycles. The minimum atomic E-state index is -3.58. The number of sulfonamides is 1. The van der Waals surface area contributed by atoms with Gasteiger partial charge in [-0.1, -0.05) is 24.8 Å². The molecule has 0 atom stereocenters. The molecule has 0 heterocycles. The van der Waals surface area contributed by atoms with Gasteiger partial charge in [-0.15, -0.1) is 11.6 Å². The zero-order valence-corrected chi connectivity index (χ0v) is 14.4. The van der Waals surface area contributed by atoms with E-state index in [0.717, 1.165) is 5.56 Å². The van der Waals surface area contributed by atoms with E-state index in [1.807, 2.05) is 0 Å². The minimum absolute atomic E-state index is 0.112. The van der Waals surface area contributed by atoms with Crippen LogP contribution in [-0.4, -0.2) is 26.7 Å². The van der Waals surface area contributed by atoms with E-state index in [1.165, 1.54) is 24.3 Å². The van der Waals surface area contributed by atoms with Crippen molar-refractivity contribution in [1.82, 2.24) is 4.72 Å². The molecule has 0 radical (unpaired) electrons. The standard InChI is InChI=1S/C17H17ClN2O3S/c1-2-13-3-5-14(6-4-13)17(21)20-15-7-9-16(10-8-15)24(22,23)19-12-11-18/h2-10,19H,1,11-12H2,(H,20,21). The smallest absolute Gasteiger partial charge is 0.255 e. The van der Waals surface area contributed by atoms with Crippen LogP contribution in [0.5, 0.6) is 0 Å². The number of amides is 1. The molecule has 126 valence electrons. The number of carbonyl (C=O) groups excluding carboxylic acids is 1. The highest BCUT2D eigenvalue weighted by Crippen LogP contribution is 2.15. The maximum absolute atomic E-state index is 12.2. The Kier molecular flexibility index (Phi) is 6.14. The lowest BCUT2D eigenvalue weighted by Gasteiger charge is -2.08. The van der Waals surface area contributed by atoms with E-state index in [0.29, 0.717) is 11.3 Å². The first-order valence-corrected chi connectivity index (χ1v) is 9.17. The van der Waals surface area contributed by atoms with Gasteiger partial charge in [-0.2, -0.15) is 0 Å². The highest BCUT2D eigenvalue weighted by atomic mass is 35.5. The number of hydrogen-bond acceptors (Lipinski definition) is 3. The van der Waals surface area contributed by atoms with Crippen LogP contribution in [0.15, 0.2) is 60.0 Å². The fraction of sp³-hybridized carbons (Fsp3) is 0.118. The quantitative estimate of drug-likeness (QED) is 0.741. The number of halogens is 1. The Balaban J connectivity index is 2.08. The maximum Gasteiger partial charge on any atom is 0.255 e. The van der Waals surface area contributed by atoms with Gasteiger partial charge in [-0.3, -0.25) is 4.79 Å². The molecule has 2 aromatic carbocycles. The molecule has 24 heavy (non-hydrogen) atoms. The summed E-state index contributed by atoms with van der Waals surface area (Å²) in [5, 5.41) is 2.72. The fourth-order valence-electron chi connectivity index (χ4n) is 1.95. The zero-order chi connectivity index (χ0) is 17.6. The lowest BCUT2D eigenvalue weighted by atomic mass is 10.1. The predicted octanol–water partition coefficient (Wildman–Crippen LogP) is 3.10. The molecule has 2 N–H and O–H groups in total. The van der Waals surface area contributed by atoms with E-state index in [1.54, 1.807) is 30.3 Å².